The lowest BCUT2D eigenvalue weighted by Gasteiger charge is -2.07. The summed E-state index contributed by atoms with van der Waals surface area (Å²) in [5.74, 6) is 0.455. The van der Waals surface area contributed by atoms with Crippen molar-refractivity contribution >= 4 is 5.69 Å². The quantitative estimate of drug-likeness (QED) is 0.772. The Morgan fingerprint density at radius 1 is 1.00 bits per heavy atom. The fraction of sp³-hybridized carbons (Fsp3) is 0. The van der Waals surface area contributed by atoms with Crippen LogP contribution in [0.5, 0.6) is 0 Å². The van der Waals surface area contributed by atoms with Gasteiger partial charge in [0.05, 0.1) is 0 Å². The molecule has 1 aromatic carbocycles. The summed E-state index contributed by atoms with van der Waals surface area (Å²) in [6.45, 7) is 0. The van der Waals surface area contributed by atoms with Gasteiger partial charge >= 0.3 is 5.63 Å². The first-order valence-corrected chi connectivity index (χ1v) is 6.15. The van der Waals surface area contributed by atoms with Crippen LogP contribution in [0.1, 0.15) is 0 Å². The molecule has 0 aliphatic rings. The normalized spacial score (nSPS) is 10.4. The number of nitrogen functional groups attached to an aromatic ring is 1. The van der Waals surface area contributed by atoms with E-state index >= 15 is 0 Å². The van der Waals surface area contributed by atoms with E-state index < -0.39 is 5.63 Å². The lowest BCUT2D eigenvalue weighted by Crippen LogP contribution is -2.08. The van der Waals surface area contributed by atoms with Gasteiger partial charge in [-0.2, -0.15) is 0 Å². The molecule has 0 saturated heterocycles. The van der Waals surface area contributed by atoms with Crippen LogP contribution < -0.4 is 11.4 Å². The third kappa shape index (κ3) is 2.19. The van der Waals surface area contributed by atoms with Crippen LogP contribution in [0.3, 0.4) is 0 Å². The second kappa shape index (κ2) is 5.01. The SMILES string of the molecule is Nc1c(-c2ccccc2)cc(-c2cccnc2)oc1=O. The number of benzene rings is 1. The number of nitrogens with two attached hydrogens (primary N) is 1. The first kappa shape index (κ1) is 12.2. The van der Waals surface area contributed by atoms with Gasteiger partial charge in [0.2, 0.25) is 0 Å². The summed E-state index contributed by atoms with van der Waals surface area (Å²) in [5, 5.41) is 0. The Morgan fingerprint density at radius 3 is 2.45 bits per heavy atom. The van der Waals surface area contributed by atoms with Gasteiger partial charge in [0.25, 0.3) is 0 Å². The van der Waals surface area contributed by atoms with Crippen LogP contribution in [-0.4, -0.2) is 4.98 Å². The van der Waals surface area contributed by atoms with Gasteiger partial charge in [-0.05, 0) is 23.8 Å². The summed E-state index contributed by atoms with van der Waals surface area (Å²) in [6, 6.07) is 14.9. The third-order valence-corrected chi connectivity index (χ3v) is 3.02. The number of anilines is 1. The van der Waals surface area contributed by atoms with Crippen molar-refractivity contribution in [1.82, 2.24) is 4.98 Å². The van der Waals surface area contributed by atoms with Gasteiger partial charge in [0.15, 0.2) is 0 Å². The number of hydrogen-bond donors (Lipinski definition) is 1. The lowest BCUT2D eigenvalue weighted by molar-refractivity contribution is 0.529. The van der Waals surface area contributed by atoms with Crippen LogP contribution in [0.25, 0.3) is 22.5 Å². The first-order chi connectivity index (χ1) is 9.75. The van der Waals surface area contributed by atoms with E-state index in [0.29, 0.717) is 11.3 Å². The molecule has 20 heavy (non-hydrogen) atoms. The number of rotatable bonds is 2. The van der Waals surface area contributed by atoms with Crippen LogP contribution in [0, 0.1) is 0 Å². The molecular weight excluding hydrogens is 252 g/mol. The molecule has 0 radical (unpaired) electrons. The van der Waals surface area contributed by atoms with Gasteiger partial charge in [-0.25, -0.2) is 4.79 Å². The molecule has 3 rings (SSSR count). The zero-order valence-corrected chi connectivity index (χ0v) is 10.6. The van der Waals surface area contributed by atoms with E-state index in [1.807, 2.05) is 36.4 Å². The average molecular weight is 264 g/mol. The Hall–Kier alpha value is -2.88. The zero-order valence-electron chi connectivity index (χ0n) is 10.6. The van der Waals surface area contributed by atoms with Gasteiger partial charge in [0.1, 0.15) is 11.4 Å². The van der Waals surface area contributed by atoms with Gasteiger partial charge in [-0.3, -0.25) is 4.98 Å². The van der Waals surface area contributed by atoms with Gasteiger partial charge in [-0.1, -0.05) is 30.3 Å². The predicted molar refractivity (Wildman–Crippen MR) is 78.1 cm³/mol. The molecule has 3 aromatic rings. The van der Waals surface area contributed by atoms with Gasteiger partial charge in [-0.15, -0.1) is 0 Å². The Morgan fingerprint density at radius 2 is 1.75 bits per heavy atom. The fourth-order valence-corrected chi connectivity index (χ4v) is 2.01. The molecular formula is C16H12N2O2. The molecule has 0 bridgehead atoms. The Labute approximate surface area is 115 Å². The molecule has 98 valence electrons. The second-order valence-electron chi connectivity index (χ2n) is 4.33. The molecule has 0 spiro atoms. The van der Waals surface area contributed by atoms with Crippen molar-refractivity contribution in [3.8, 4) is 22.5 Å². The van der Waals surface area contributed by atoms with E-state index in [0.717, 1.165) is 11.1 Å². The van der Waals surface area contributed by atoms with Crippen molar-refractivity contribution in [2.24, 2.45) is 0 Å². The molecule has 0 saturated carbocycles. The third-order valence-electron chi connectivity index (χ3n) is 3.02. The van der Waals surface area contributed by atoms with E-state index in [1.165, 1.54) is 0 Å². The number of nitrogens with zero attached hydrogens (tertiary/aromatic N) is 1. The summed E-state index contributed by atoms with van der Waals surface area (Å²) in [7, 11) is 0. The van der Waals surface area contributed by atoms with Crippen molar-refractivity contribution in [2.75, 3.05) is 5.73 Å². The van der Waals surface area contributed by atoms with Crippen LogP contribution in [0.4, 0.5) is 5.69 Å². The van der Waals surface area contributed by atoms with Crippen molar-refractivity contribution in [3.63, 3.8) is 0 Å². The Bertz CT molecular complexity index is 781. The fourth-order valence-electron chi connectivity index (χ4n) is 2.01. The Balaban J connectivity index is 2.22. The summed E-state index contributed by atoms with van der Waals surface area (Å²) >= 11 is 0. The Kier molecular flexibility index (Phi) is 3.05. The number of aromatic nitrogens is 1. The van der Waals surface area contributed by atoms with Crippen LogP contribution in [0.2, 0.25) is 0 Å². The summed E-state index contributed by atoms with van der Waals surface area (Å²) in [4.78, 5) is 15.9. The van der Waals surface area contributed by atoms with E-state index in [1.54, 1.807) is 24.5 Å². The van der Waals surface area contributed by atoms with Crippen molar-refractivity contribution < 1.29 is 4.42 Å². The highest BCUT2D eigenvalue weighted by Gasteiger charge is 2.11. The van der Waals surface area contributed by atoms with E-state index in [4.69, 9.17) is 10.2 Å². The summed E-state index contributed by atoms with van der Waals surface area (Å²) < 4.78 is 5.24. The summed E-state index contributed by atoms with van der Waals surface area (Å²) in [6.07, 6.45) is 3.31. The standard InChI is InChI=1S/C16H12N2O2/c17-15-13(11-5-2-1-3-6-11)9-14(20-16(15)19)12-7-4-8-18-10-12/h1-10H,17H2. The highest BCUT2D eigenvalue weighted by molar-refractivity contribution is 5.78. The molecule has 2 aromatic heterocycles. The second-order valence-corrected chi connectivity index (χ2v) is 4.33. The van der Waals surface area contributed by atoms with Crippen LogP contribution in [0.15, 0.2) is 70.1 Å². The molecule has 0 aliphatic carbocycles. The number of pyridine rings is 1. The summed E-state index contributed by atoms with van der Waals surface area (Å²) in [5.41, 5.74) is 7.70. The lowest BCUT2D eigenvalue weighted by atomic mass is 10.0. The molecule has 0 atom stereocenters. The van der Waals surface area contributed by atoms with Crippen molar-refractivity contribution in [3.05, 3.63) is 71.3 Å². The maximum absolute atomic E-state index is 11.9. The highest BCUT2D eigenvalue weighted by atomic mass is 16.4. The average Bonchev–Trinajstić information content (AvgIpc) is 2.51. The van der Waals surface area contributed by atoms with Gasteiger partial charge < -0.3 is 10.2 Å². The zero-order chi connectivity index (χ0) is 13.9. The first-order valence-electron chi connectivity index (χ1n) is 6.15. The van der Waals surface area contributed by atoms with Gasteiger partial charge in [0, 0.05) is 23.5 Å². The maximum atomic E-state index is 11.9. The van der Waals surface area contributed by atoms with Crippen LogP contribution >= 0.6 is 0 Å². The minimum atomic E-state index is -0.537. The minimum Gasteiger partial charge on any atom is -0.421 e. The van der Waals surface area contributed by atoms with E-state index in [2.05, 4.69) is 4.98 Å². The molecule has 2 N–H and O–H groups in total. The van der Waals surface area contributed by atoms with Crippen LogP contribution in [-0.2, 0) is 0 Å². The molecule has 0 amide bonds. The highest BCUT2D eigenvalue weighted by Crippen LogP contribution is 2.28. The molecule has 2 heterocycles. The van der Waals surface area contributed by atoms with Crippen molar-refractivity contribution in [2.45, 2.75) is 0 Å². The molecule has 0 unspecified atom stereocenters. The monoisotopic (exact) mass is 264 g/mol. The molecule has 0 fully saturated rings. The predicted octanol–water partition coefficient (Wildman–Crippen LogP) is 2.95. The number of hydrogen-bond acceptors (Lipinski definition) is 4. The molecule has 4 heteroatoms. The maximum Gasteiger partial charge on any atom is 0.360 e. The smallest absolute Gasteiger partial charge is 0.360 e. The largest absolute Gasteiger partial charge is 0.421 e. The molecule has 4 nitrogen and oxygen atoms in total. The van der Waals surface area contributed by atoms with E-state index in [-0.39, 0.29) is 5.69 Å². The van der Waals surface area contributed by atoms with Crippen molar-refractivity contribution in [1.29, 1.82) is 0 Å². The minimum absolute atomic E-state index is 0.115. The topological polar surface area (TPSA) is 69.1 Å². The molecule has 0 aliphatic heterocycles. The van der Waals surface area contributed by atoms with E-state index in [9.17, 15) is 4.79 Å².